The molecule has 132 valence electrons. The van der Waals surface area contributed by atoms with Gasteiger partial charge in [-0.25, -0.2) is 0 Å². The first-order valence-corrected chi connectivity index (χ1v) is 8.92. The average Bonchev–Trinajstić information content (AvgIpc) is 2.99. The number of carbonyl (C=O) groups is 2. The monoisotopic (exact) mass is 333 g/mol. The van der Waals surface area contributed by atoms with Crippen LogP contribution in [0.4, 0.5) is 0 Å². The zero-order valence-corrected chi connectivity index (χ0v) is 14.4. The first-order valence-electron chi connectivity index (χ1n) is 8.92. The summed E-state index contributed by atoms with van der Waals surface area (Å²) in [5.74, 6) is 1.45. The van der Waals surface area contributed by atoms with Crippen LogP contribution in [0.2, 0.25) is 0 Å². The van der Waals surface area contributed by atoms with Gasteiger partial charge >= 0.3 is 0 Å². The van der Waals surface area contributed by atoms with E-state index >= 15 is 0 Å². The summed E-state index contributed by atoms with van der Waals surface area (Å²) in [6, 6.07) is 3.91. The minimum Gasteiger partial charge on any atom is -0.468 e. The highest BCUT2D eigenvalue weighted by molar-refractivity contribution is 5.79. The molecule has 6 heteroatoms. The van der Waals surface area contributed by atoms with E-state index in [0.29, 0.717) is 13.1 Å². The Bertz CT molecular complexity index is 550. The second kappa shape index (κ2) is 7.83. The molecular formula is C18H27N3O3. The Morgan fingerprint density at radius 1 is 1.08 bits per heavy atom. The number of rotatable bonds is 3. The third kappa shape index (κ3) is 4.17. The van der Waals surface area contributed by atoms with Crippen LogP contribution < -0.4 is 0 Å². The zero-order chi connectivity index (χ0) is 16.9. The van der Waals surface area contributed by atoms with Crippen LogP contribution in [0.25, 0.3) is 0 Å². The Hall–Kier alpha value is -1.82. The van der Waals surface area contributed by atoms with E-state index in [2.05, 4.69) is 4.90 Å². The molecule has 1 aromatic heterocycles. The molecule has 3 rings (SSSR count). The smallest absolute Gasteiger partial charge is 0.225 e. The van der Waals surface area contributed by atoms with Crippen molar-refractivity contribution in [2.24, 2.45) is 5.92 Å². The van der Waals surface area contributed by atoms with Crippen molar-refractivity contribution in [3.63, 3.8) is 0 Å². The number of carbonyl (C=O) groups excluding carboxylic acids is 2. The zero-order valence-electron chi connectivity index (χ0n) is 14.4. The lowest BCUT2D eigenvalue weighted by Gasteiger charge is -2.33. The van der Waals surface area contributed by atoms with Crippen LogP contribution in [0, 0.1) is 5.92 Å². The molecule has 2 fully saturated rings. The lowest BCUT2D eigenvalue weighted by atomic mass is 9.95. The fourth-order valence-electron chi connectivity index (χ4n) is 3.67. The molecule has 0 N–H and O–H groups in total. The summed E-state index contributed by atoms with van der Waals surface area (Å²) in [6.45, 7) is 7.34. The molecular weight excluding hydrogens is 306 g/mol. The second-order valence-corrected chi connectivity index (χ2v) is 6.81. The molecule has 2 saturated heterocycles. The summed E-state index contributed by atoms with van der Waals surface area (Å²) in [5, 5.41) is 0. The maximum atomic E-state index is 12.8. The Balaban J connectivity index is 1.48. The molecule has 24 heavy (non-hydrogen) atoms. The van der Waals surface area contributed by atoms with Gasteiger partial charge in [-0.15, -0.1) is 0 Å². The van der Waals surface area contributed by atoms with Crippen LogP contribution in [0.5, 0.6) is 0 Å². The fraction of sp³-hybridized carbons (Fsp3) is 0.667. The van der Waals surface area contributed by atoms with Crippen molar-refractivity contribution in [1.29, 1.82) is 0 Å². The van der Waals surface area contributed by atoms with Gasteiger partial charge in [0.05, 0.1) is 12.8 Å². The lowest BCUT2D eigenvalue weighted by molar-refractivity contribution is -0.140. The molecule has 6 nitrogen and oxygen atoms in total. The number of hydrogen-bond acceptors (Lipinski definition) is 4. The Morgan fingerprint density at radius 3 is 2.54 bits per heavy atom. The molecule has 0 aliphatic carbocycles. The molecule has 2 aliphatic rings. The normalized spacial score (nSPS) is 20.9. The molecule has 0 bridgehead atoms. The second-order valence-electron chi connectivity index (χ2n) is 6.81. The molecule has 3 heterocycles. The van der Waals surface area contributed by atoms with Gasteiger partial charge in [-0.3, -0.25) is 14.5 Å². The van der Waals surface area contributed by atoms with Gasteiger partial charge in [0.2, 0.25) is 11.8 Å². The van der Waals surface area contributed by atoms with Gasteiger partial charge in [0.15, 0.2) is 0 Å². The molecule has 2 aliphatic heterocycles. The van der Waals surface area contributed by atoms with Crippen LogP contribution in [0.1, 0.15) is 31.9 Å². The van der Waals surface area contributed by atoms with E-state index in [0.717, 1.165) is 57.7 Å². The van der Waals surface area contributed by atoms with Crippen molar-refractivity contribution in [1.82, 2.24) is 14.7 Å². The Labute approximate surface area is 143 Å². The number of hydrogen-bond donors (Lipinski definition) is 0. The van der Waals surface area contributed by atoms with Crippen molar-refractivity contribution < 1.29 is 14.0 Å². The van der Waals surface area contributed by atoms with Crippen LogP contribution in [-0.4, -0.2) is 65.8 Å². The van der Waals surface area contributed by atoms with Crippen molar-refractivity contribution in [2.45, 2.75) is 32.7 Å². The Morgan fingerprint density at radius 2 is 1.88 bits per heavy atom. The van der Waals surface area contributed by atoms with E-state index < -0.39 is 0 Å². The van der Waals surface area contributed by atoms with Gasteiger partial charge in [-0.1, -0.05) is 0 Å². The van der Waals surface area contributed by atoms with E-state index in [-0.39, 0.29) is 17.7 Å². The molecule has 2 amide bonds. The van der Waals surface area contributed by atoms with Gasteiger partial charge in [0.1, 0.15) is 5.76 Å². The molecule has 0 saturated carbocycles. The van der Waals surface area contributed by atoms with Crippen LogP contribution in [0.15, 0.2) is 22.8 Å². The van der Waals surface area contributed by atoms with Crippen LogP contribution >= 0.6 is 0 Å². The van der Waals surface area contributed by atoms with Crippen molar-refractivity contribution in [3.8, 4) is 0 Å². The number of likely N-dealkylation sites (tertiary alicyclic amines) is 1. The van der Waals surface area contributed by atoms with Crippen molar-refractivity contribution >= 4 is 11.8 Å². The predicted octanol–water partition coefficient (Wildman–Crippen LogP) is 1.57. The van der Waals surface area contributed by atoms with Gasteiger partial charge < -0.3 is 14.2 Å². The first-order chi connectivity index (χ1) is 11.6. The molecule has 0 atom stereocenters. The van der Waals surface area contributed by atoms with Crippen LogP contribution in [-0.2, 0) is 16.1 Å². The van der Waals surface area contributed by atoms with E-state index in [1.54, 1.807) is 13.2 Å². The first kappa shape index (κ1) is 17.0. The van der Waals surface area contributed by atoms with Gasteiger partial charge in [-0.2, -0.15) is 0 Å². The standard InChI is InChI=1S/C18H27N3O3/c1-15(22)20-9-5-16(6-10-20)18(23)21-8-3-7-19(11-12-21)14-17-4-2-13-24-17/h2,4,13,16H,3,5-12,14H2,1H3. The molecule has 0 unspecified atom stereocenters. The van der Waals surface area contributed by atoms with Gasteiger partial charge in [0.25, 0.3) is 0 Å². The molecule has 0 spiro atoms. The van der Waals surface area contributed by atoms with E-state index in [1.807, 2.05) is 21.9 Å². The number of piperidine rings is 1. The highest BCUT2D eigenvalue weighted by Gasteiger charge is 2.30. The predicted molar refractivity (Wildman–Crippen MR) is 90.2 cm³/mol. The minimum atomic E-state index is 0.0808. The van der Waals surface area contributed by atoms with E-state index in [1.165, 1.54) is 0 Å². The lowest BCUT2D eigenvalue weighted by Crippen LogP contribution is -2.44. The molecule has 1 aromatic rings. The number of furan rings is 1. The average molecular weight is 333 g/mol. The highest BCUT2D eigenvalue weighted by atomic mass is 16.3. The quantitative estimate of drug-likeness (QED) is 0.843. The highest BCUT2D eigenvalue weighted by Crippen LogP contribution is 2.21. The number of amides is 2. The molecule has 0 aromatic carbocycles. The van der Waals surface area contributed by atoms with Gasteiger partial charge in [0, 0.05) is 52.1 Å². The SMILES string of the molecule is CC(=O)N1CCC(C(=O)N2CCCN(Cc3ccco3)CC2)CC1. The summed E-state index contributed by atoms with van der Waals surface area (Å²) in [7, 11) is 0. The summed E-state index contributed by atoms with van der Waals surface area (Å²) < 4.78 is 5.42. The summed E-state index contributed by atoms with van der Waals surface area (Å²) in [4.78, 5) is 30.4. The summed E-state index contributed by atoms with van der Waals surface area (Å²) >= 11 is 0. The minimum absolute atomic E-state index is 0.0808. The third-order valence-electron chi connectivity index (χ3n) is 5.15. The summed E-state index contributed by atoms with van der Waals surface area (Å²) in [5.41, 5.74) is 0. The largest absolute Gasteiger partial charge is 0.468 e. The van der Waals surface area contributed by atoms with Crippen molar-refractivity contribution in [2.75, 3.05) is 39.3 Å². The van der Waals surface area contributed by atoms with Gasteiger partial charge in [-0.05, 0) is 31.4 Å². The third-order valence-corrected chi connectivity index (χ3v) is 5.15. The molecule has 0 radical (unpaired) electrons. The number of nitrogens with zero attached hydrogens (tertiary/aromatic N) is 3. The summed E-state index contributed by atoms with van der Waals surface area (Å²) in [6.07, 6.45) is 4.30. The van der Waals surface area contributed by atoms with E-state index in [4.69, 9.17) is 4.42 Å². The van der Waals surface area contributed by atoms with E-state index in [9.17, 15) is 9.59 Å². The Kier molecular flexibility index (Phi) is 5.56. The topological polar surface area (TPSA) is 57.0 Å². The maximum Gasteiger partial charge on any atom is 0.225 e. The fourth-order valence-corrected chi connectivity index (χ4v) is 3.67. The maximum absolute atomic E-state index is 12.8. The van der Waals surface area contributed by atoms with Crippen molar-refractivity contribution in [3.05, 3.63) is 24.2 Å². The van der Waals surface area contributed by atoms with Crippen LogP contribution in [0.3, 0.4) is 0 Å².